The maximum absolute atomic E-state index is 6.34. The molecule has 7 rings (SSSR count). The van der Waals surface area contributed by atoms with Gasteiger partial charge in [-0.25, -0.2) is 4.89 Å². The standard InChI is InChI=1S/C43H45N3O4P/c1-42(47-2)37(31-43(50-49-42,35-19-8-3-9-20-35)36-21-10-4-11-22-36)33-48-34-38-32-46(45-44-38)29-18-30-51(39-23-12-5-13-24-39,40-25-14-6-15-26-40)41-27-16-7-17-28-41/h3-17,19-28,32,37H,18,29-31,33-34H2,1-2H3/q+1/t37-,42-/m1/s1. The van der Waals surface area contributed by atoms with Gasteiger partial charge in [0.2, 0.25) is 5.79 Å². The van der Waals surface area contributed by atoms with Crippen LogP contribution in [0.3, 0.4) is 0 Å². The van der Waals surface area contributed by atoms with Crippen molar-refractivity contribution < 1.29 is 19.2 Å². The predicted octanol–water partition coefficient (Wildman–Crippen LogP) is 7.45. The van der Waals surface area contributed by atoms with Crippen LogP contribution in [0, 0.1) is 5.92 Å². The molecule has 1 fully saturated rings. The van der Waals surface area contributed by atoms with E-state index in [1.54, 1.807) is 7.11 Å². The Morgan fingerprint density at radius 1 is 0.706 bits per heavy atom. The number of hydrogen-bond donors (Lipinski definition) is 0. The zero-order valence-electron chi connectivity index (χ0n) is 29.3. The largest absolute Gasteiger partial charge is 0.375 e. The summed E-state index contributed by atoms with van der Waals surface area (Å²) in [5, 5.41) is 13.1. The molecule has 1 saturated heterocycles. The van der Waals surface area contributed by atoms with Crippen LogP contribution >= 0.6 is 7.26 Å². The number of rotatable bonds is 14. The molecule has 0 unspecified atom stereocenters. The summed E-state index contributed by atoms with van der Waals surface area (Å²) in [4.78, 5) is 12.4. The second-order valence-electron chi connectivity index (χ2n) is 13.2. The summed E-state index contributed by atoms with van der Waals surface area (Å²) in [5.74, 6) is -1.13. The minimum atomic E-state index is -1.91. The molecule has 0 radical (unpaired) electrons. The fourth-order valence-electron chi connectivity index (χ4n) is 7.28. The van der Waals surface area contributed by atoms with Gasteiger partial charge in [-0.1, -0.05) is 120 Å². The van der Waals surface area contributed by atoms with E-state index in [2.05, 4.69) is 126 Å². The van der Waals surface area contributed by atoms with Crippen LogP contribution in [0.2, 0.25) is 0 Å². The van der Waals surface area contributed by atoms with Crippen molar-refractivity contribution >= 4 is 23.2 Å². The Labute approximate surface area is 301 Å². The molecule has 0 spiro atoms. The van der Waals surface area contributed by atoms with Crippen LogP contribution < -0.4 is 15.9 Å². The first kappa shape index (κ1) is 34.9. The van der Waals surface area contributed by atoms with E-state index < -0.39 is 18.7 Å². The Morgan fingerprint density at radius 2 is 1.20 bits per heavy atom. The number of ether oxygens (including phenoxy) is 2. The lowest BCUT2D eigenvalue weighted by Crippen LogP contribution is -2.53. The molecule has 1 aromatic heterocycles. The van der Waals surface area contributed by atoms with Crippen molar-refractivity contribution in [1.29, 1.82) is 0 Å². The van der Waals surface area contributed by atoms with Gasteiger partial charge >= 0.3 is 0 Å². The Hall–Kier alpha value is -4.49. The highest BCUT2D eigenvalue weighted by Crippen LogP contribution is 2.56. The molecule has 0 bridgehead atoms. The third-order valence-corrected chi connectivity index (χ3v) is 14.7. The van der Waals surface area contributed by atoms with E-state index in [4.69, 9.17) is 19.2 Å². The number of aromatic nitrogens is 3. The number of methoxy groups -OCH3 is 1. The average molecular weight is 699 g/mol. The van der Waals surface area contributed by atoms with Crippen LogP contribution in [0.15, 0.2) is 158 Å². The third-order valence-electron chi connectivity index (χ3n) is 10.1. The highest BCUT2D eigenvalue weighted by molar-refractivity contribution is 7.95. The van der Waals surface area contributed by atoms with Crippen LogP contribution in [0.5, 0.6) is 0 Å². The predicted molar refractivity (Wildman–Crippen MR) is 204 cm³/mol. The van der Waals surface area contributed by atoms with Gasteiger partial charge in [-0.15, -0.1) is 5.10 Å². The lowest BCUT2D eigenvalue weighted by atomic mass is 9.76. The zero-order chi connectivity index (χ0) is 35.0. The van der Waals surface area contributed by atoms with Gasteiger partial charge < -0.3 is 9.47 Å². The van der Waals surface area contributed by atoms with E-state index >= 15 is 0 Å². The molecule has 0 amide bonds. The number of benzene rings is 5. The molecule has 8 heteroatoms. The fraction of sp³-hybridized carbons (Fsp3) is 0.256. The first-order valence-electron chi connectivity index (χ1n) is 17.6. The highest BCUT2D eigenvalue weighted by Gasteiger charge is 2.52. The summed E-state index contributed by atoms with van der Waals surface area (Å²) in [6.45, 7) is 3.38. The summed E-state index contributed by atoms with van der Waals surface area (Å²) in [5.41, 5.74) is 2.00. The maximum atomic E-state index is 6.34. The average Bonchev–Trinajstić information content (AvgIpc) is 3.66. The second-order valence-corrected chi connectivity index (χ2v) is 16.8. The highest BCUT2D eigenvalue weighted by atomic mass is 31.2. The van der Waals surface area contributed by atoms with Gasteiger partial charge in [0.25, 0.3) is 0 Å². The van der Waals surface area contributed by atoms with Crippen LogP contribution in [-0.2, 0) is 38.0 Å². The second kappa shape index (κ2) is 15.8. The Balaban J connectivity index is 1.04. The van der Waals surface area contributed by atoms with Crippen LogP contribution in [0.25, 0.3) is 0 Å². The molecule has 51 heavy (non-hydrogen) atoms. The summed E-state index contributed by atoms with van der Waals surface area (Å²) < 4.78 is 14.2. The molecule has 260 valence electrons. The number of nitrogens with zero attached hydrogens (tertiary/aromatic N) is 3. The Kier molecular flexibility index (Phi) is 10.8. The molecule has 1 aliphatic heterocycles. The third kappa shape index (κ3) is 7.32. The Morgan fingerprint density at radius 3 is 1.69 bits per heavy atom. The van der Waals surface area contributed by atoms with E-state index in [-0.39, 0.29) is 5.92 Å². The maximum Gasteiger partial charge on any atom is 0.203 e. The minimum Gasteiger partial charge on any atom is -0.375 e. The molecule has 2 atom stereocenters. The van der Waals surface area contributed by atoms with E-state index in [0.717, 1.165) is 35.9 Å². The summed E-state index contributed by atoms with van der Waals surface area (Å²) in [7, 11) is -0.265. The summed E-state index contributed by atoms with van der Waals surface area (Å²) in [6.07, 6.45) is 4.57. The SMILES string of the molecule is CO[C@]1(C)OOC(c2ccccc2)(c2ccccc2)C[C@@H]1COCc1cn(CCC[P+](c2ccccc2)(c2ccccc2)c2ccccc2)nn1. The summed E-state index contributed by atoms with van der Waals surface area (Å²) in [6, 6.07) is 53.4. The van der Waals surface area contributed by atoms with Crippen molar-refractivity contribution in [3.05, 3.63) is 175 Å². The Bertz CT molecular complexity index is 1810. The zero-order valence-corrected chi connectivity index (χ0v) is 30.1. The lowest BCUT2D eigenvalue weighted by molar-refractivity contribution is -0.498. The van der Waals surface area contributed by atoms with Crippen molar-refractivity contribution in [2.24, 2.45) is 5.92 Å². The molecule has 1 aliphatic rings. The van der Waals surface area contributed by atoms with Crippen LogP contribution in [0.4, 0.5) is 0 Å². The first-order valence-corrected chi connectivity index (χ1v) is 19.6. The first-order chi connectivity index (χ1) is 25.1. The summed E-state index contributed by atoms with van der Waals surface area (Å²) >= 11 is 0. The lowest BCUT2D eigenvalue weighted by Gasteiger charge is -2.47. The molecule has 5 aromatic carbocycles. The van der Waals surface area contributed by atoms with Crippen LogP contribution in [-0.4, -0.2) is 40.7 Å². The van der Waals surface area contributed by atoms with E-state index in [0.29, 0.717) is 19.6 Å². The van der Waals surface area contributed by atoms with Crippen molar-refractivity contribution in [3.8, 4) is 0 Å². The monoisotopic (exact) mass is 698 g/mol. The number of hydrogen-bond acceptors (Lipinski definition) is 6. The quantitative estimate of drug-likeness (QED) is 0.0870. The molecule has 0 N–H and O–H groups in total. The smallest absolute Gasteiger partial charge is 0.203 e. The van der Waals surface area contributed by atoms with Crippen molar-refractivity contribution in [1.82, 2.24) is 15.0 Å². The molecule has 7 nitrogen and oxygen atoms in total. The molecule has 0 aliphatic carbocycles. The minimum absolute atomic E-state index is 0.141. The normalized spacial score (nSPS) is 18.7. The van der Waals surface area contributed by atoms with Gasteiger partial charge in [0.15, 0.2) is 5.60 Å². The molecule has 6 aromatic rings. The van der Waals surface area contributed by atoms with E-state index in [1.165, 1.54) is 15.9 Å². The van der Waals surface area contributed by atoms with Gasteiger partial charge in [-0.05, 0) is 60.9 Å². The molecule has 0 saturated carbocycles. The molecule has 2 heterocycles. The molecular formula is C43H45N3O4P+. The van der Waals surface area contributed by atoms with Gasteiger partial charge in [0, 0.05) is 26.0 Å². The topological polar surface area (TPSA) is 67.6 Å². The number of aryl methyl sites for hydroxylation is 1. The van der Waals surface area contributed by atoms with Gasteiger partial charge in [-0.2, -0.15) is 4.89 Å². The van der Waals surface area contributed by atoms with Crippen molar-refractivity contribution in [2.75, 3.05) is 19.9 Å². The van der Waals surface area contributed by atoms with Crippen LogP contribution in [0.1, 0.15) is 36.6 Å². The van der Waals surface area contributed by atoms with Gasteiger partial charge in [-0.3, -0.25) is 4.68 Å². The van der Waals surface area contributed by atoms with Crippen molar-refractivity contribution in [2.45, 2.75) is 44.3 Å². The molecular weight excluding hydrogens is 653 g/mol. The van der Waals surface area contributed by atoms with Crippen molar-refractivity contribution in [3.63, 3.8) is 0 Å². The van der Waals surface area contributed by atoms with E-state index in [1.807, 2.05) is 54.2 Å². The van der Waals surface area contributed by atoms with E-state index in [9.17, 15) is 0 Å². The van der Waals surface area contributed by atoms with Gasteiger partial charge in [0.05, 0.1) is 25.6 Å². The van der Waals surface area contributed by atoms with Gasteiger partial charge in [0.1, 0.15) is 28.9 Å². The fourth-order valence-corrected chi connectivity index (χ4v) is 11.6.